The van der Waals surface area contributed by atoms with Gasteiger partial charge in [-0.05, 0) is 24.3 Å². The summed E-state index contributed by atoms with van der Waals surface area (Å²) in [5, 5.41) is 29.6. The summed E-state index contributed by atoms with van der Waals surface area (Å²) in [6, 6.07) is 14.8. The van der Waals surface area contributed by atoms with Crippen LogP contribution >= 0.6 is 15.9 Å². The first-order chi connectivity index (χ1) is 13.5. The lowest BCUT2D eigenvalue weighted by molar-refractivity contribution is -0.384. The standard InChI is InChI=1S/C19H12BrN5O3/c20-15-6-4-12(5-7-15)18-14(11-22-24-18)8-13(10-21)19(26)23-16-2-1-3-17(9-16)25(27)28/h1-9,11H,(H,22,24)(H,23,26)/b13-8+. The van der Waals surface area contributed by atoms with Crippen molar-refractivity contribution in [1.29, 1.82) is 5.26 Å². The molecule has 0 aliphatic rings. The molecule has 0 fully saturated rings. The summed E-state index contributed by atoms with van der Waals surface area (Å²) in [6.07, 6.45) is 2.92. The minimum atomic E-state index is -0.675. The number of H-pyrrole nitrogens is 1. The lowest BCUT2D eigenvalue weighted by Crippen LogP contribution is -2.13. The summed E-state index contributed by atoms with van der Waals surface area (Å²) >= 11 is 3.37. The van der Waals surface area contributed by atoms with E-state index >= 15 is 0 Å². The highest BCUT2D eigenvalue weighted by Gasteiger charge is 2.14. The number of nitrogens with zero attached hydrogens (tertiary/aromatic N) is 3. The van der Waals surface area contributed by atoms with Gasteiger partial charge in [0.25, 0.3) is 11.6 Å². The van der Waals surface area contributed by atoms with E-state index in [9.17, 15) is 20.2 Å². The minimum Gasteiger partial charge on any atom is -0.321 e. The van der Waals surface area contributed by atoms with Crippen molar-refractivity contribution >= 4 is 39.3 Å². The summed E-state index contributed by atoms with van der Waals surface area (Å²) < 4.78 is 0.918. The number of hydrogen-bond acceptors (Lipinski definition) is 5. The van der Waals surface area contributed by atoms with Crippen LogP contribution in [0.3, 0.4) is 0 Å². The molecule has 0 atom stereocenters. The first-order valence-corrected chi connectivity index (χ1v) is 8.74. The second-order valence-corrected chi connectivity index (χ2v) is 6.55. The number of hydrogen-bond donors (Lipinski definition) is 2. The lowest BCUT2D eigenvalue weighted by atomic mass is 10.1. The van der Waals surface area contributed by atoms with Crippen molar-refractivity contribution in [3.8, 4) is 17.3 Å². The Balaban J connectivity index is 1.87. The number of nitriles is 1. The third kappa shape index (κ3) is 4.31. The number of amides is 1. The Morgan fingerprint density at radius 1 is 1.29 bits per heavy atom. The number of benzene rings is 2. The van der Waals surface area contributed by atoms with Crippen molar-refractivity contribution in [3.05, 3.63) is 80.5 Å². The van der Waals surface area contributed by atoms with E-state index < -0.39 is 10.8 Å². The Hall–Kier alpha value is -3.77. The first-order valence-electron chi connectivity index (χ1n) is 7.95. The quantitative estimate of drug-likeness (QED) is 0.266. The predicted octanol–water partition coefficient (Wildman–Crippen LogP) is 4.29. The van der Waals surface area contributed by atoms with Crippen molar-refractivity contribution in [2.75, 3.05) is 5.32 Å². The zero-order valence-electron chi connectivity index (χ0n) is 14.2. The molecule has 0 radical (unpaired) electrons. The fourth-order valence-corrected chi connectivity index (χ4v) is 2.72. The van der Waals surface area contributed by atoms with Crippen LogP contribution in [0, 0.1) is 21.4 Å². The average molecular weight is 438 g/mol. The van der Waals surface area contributed by atoms with Gasteiger partial charge in [-0.1, -0.05) is 34.1 Å². The Labute approximate surface area is 167 Å². The molecule has 2 N–H and O–H groups in total. The number of rotatable bonds is 5. The predicted molar refractivity (Wildman–Crippen MR) is 107 cm³/mol. The fourth-order valence-electron chi connectivity index (χ4n) is 2.45. The van der Waals surface area contributed by atoms with Crippen LogP contribution in [0.1, 0.15) is 5.56 Å². The molecule has 1 amide bonds. The molecule has 9 heteroatoms. The van der Waals surface area contributed by atoms with Crippen molar-refractivity contribution in [2.24, 2.45) is 0 Å². The summed E-state index contributed by atoms with van der Waals surface area (Å²) in [4.78, 5) is 22.7. The number of carbonyl (C=O) groups excluding carboxylic acids is 1. The second-order valence-electron chi connectivity index (χ2n) is 5.64. The number of aromatic amines is 1. The van der Waals surface area contributed by atoms with Gasteiger partial charge in [-0.2, -0.15) is 10.4 Å². The highest BCUT2D eigenvalue weighted by molar-refractivity contribution is 9.10. The molecule has 28 heavy (non-hydrogen) atoms. The fraction of sp³-hybridized carbons (Fsp3) is 0. The topological polar surface area (TPSA) is 125 Å². The van der Waals surface area contributed by atoms with E-state index in [1.54, 1.807) is 0 Å². The molecular weight excluding hydrogens is 426 g/mol. The van der Waals surface area contributed by atoms with Gasteiger partial charge in [-0.25, -0.2) is 0 Å². The average Bonchev–Trinajstić information content (AvgIpc) is 3.15. The van der Waals surface area contributed by atoms with Gasteiger partial charge in [0, 0.05) is 33.4 Å². The molecule has 0 bridgehead atoms. The molecule has 138 valence electrons. The van der Waals surface area contributed by atoms with Crippen LogP contribution in [0.25, 0.3) is 17.3 Å². The maximum Gasteiger partial charge on any atom is 0.271 e. The van der Waals surface area contributed by atoms with Gasteiger partial charge in [0.2, 0.25) is 0 Å². The molecule has 0 spiro atoms. The number of anilines is 1. The molecule has 3 rings (SSSR count). The molecular formula is C19H12BrN5O3. The van der Waals surface area contributed by atoms with Crippen molar-refractivity contribution in [1.82, 2.24) is 10.2 Å². The van der Waals surface area contributed by atoms with Gasteiger partial charge in [-0.3, -0.25) is 20.0 Å². The van der Waals surface area contributed by atoms with E-state index in [0.29, 0.717) is 11.3 Å². The smallest absolute Gasteiger partial charge is 0.271 e. The van der Waals surface area contributed by atoms with Crippen LogP contribution in [0.15, 0.2) is 64.8 Å². The van der Waals surface area contributed by atoms with Crippen LogP contribution in [0.2, 0.25) is 0 Å². The maximum atomic E-state index is 12.4. The second kappa shape index (κ2) is 8.28. The lowest BCUT2D eigenvalue weighted by Gasteiger charge is -2.05. The SMILES string of the molecule is N#C/C(=C\c1cn[nH]c1-c1ccc(Br)cc1)C(=O)Nc1cccc([N+](=O)[O-])c1. The molecule has 1 aromatic heterocycles. The van der Waals surface area contributed by atoms with E-state index in [4.69, 9.17) is 0 Å². The summed E-state index contributed by atoms with van der Waals surface area (Å²) in [5.74, 6) is -0.675. The number of carbonyl (C=O) groups is 1. The zero-order chi connectivity index (χ0) is 20.1. The molecule has 2 aromatic carbocycles. The molecule has 0 saturated heterocycles. The minimum absolute atomic E-state index is 0.160. The number of non-ortho nitro benzene ring substituents is 1. The molecule has 0 aliphatic heterocycles. The van der Waals surface area contributed by atoms with E-state index in [2.05, 4.69) is 31.4 Å². The van der Waals surface area contributed by atoms with Gasteiger partial charge in [-0.15, -0.1) is 0 Å². The Morgan fingerprint density at radius 2 is 2.04 bits per heavy atom. The van der Waals surface area contributed by atoms with Gasteiger partial charge in [0.15, 0.2) is 0 Å². The summed E-state index contributed by atoms with van der Waals surface area (Å²) in [5.41, 5.74) is 1.96. The highest BCUT2D eigenvalue weighted by atomic mass is 79.9. The molecule has 0 unspecified atom stereocenters. The van der Waals surface area contributed by atoms with E-state index in [1.807, 2.05) is 30.3 Å². The third-order valence-corrected chi connectivity index (χ3v) is 4.31. The maximum absolute atomic E-state index is 12.4. The summed E-state index contributed by atoms with van der Waals surface area (Å²) in [7, 11) is 0. The van der Waals surface area contributed by atoms with Crippen molar-refractivity contribution < 1.29 is 9.72 Å². The van der Waals surface area contributed by atoms with Gasteiger partial charge in [0.1, 0.15) is 11.6 Å². The number of nitro groups is 1. The van der Waals surface area contributed by atoms with Gasteiger partial charge < -0.3 is 5.32 Å². The monoisotopic (exact) mass is 437 g/mol. The van der Waals surface area contributed by atoms with Gasteiger partial charge >= 0.3 is 0 Å². The van der Waals surface area contributed by atoms with Crippen LogP contribution in [0.4, 0.5) is 11.4 Å². The zero-order valence-corrected chi connectivity index (χ0v) is 15.8. The number of nitrogens with one attached hydrogen (secondary N) is 2. The Morgan fingerprint density at radius 3 is 2.71 bits per heavy atom. The Bertz CT molecular complexity index is 1110. The van der Waals surface area contributed by atoms with Crippen LogP contribution in [-0.4, -0.2) is 21.0 Å². The third-order valence-electron chi connectivity index (χ3n) is 3.78. The first kappa shape index (κ1) is 19.0. The Kier molecular flexibility index (Phi) is 5.62. The number of aromatic nitrogens is 2. The number of nitro benzene ring substituents is 1. The van der Waals surface area contributed by atoms with Crippen LogP contribution in [-0.2, 0) is 4.79 Å². The molecule has 8 nitrogen and oxygen atoms in total. The highest BCUT2D eigenvalue weighted by Crippen LogP contribution is 2.25. The molecule has 0 aliphatic carbocycles. The molecule has 3 aromatic rings. The number of halogens is 1. The van der Waals surface area contributed by atoms with E-state index in [0.717, 1.165) is 10.0 Å². The van der Waals surface area contributed by atoms with E-state index in [-0.39, 0.29) is 16.9 Å². The molecule has 1 heterocycles. The van der Waals surface area contributed by atoms with Crippen LogP contribution < -0.4 is 5.32 Å². The molecule has 0 saturated carbocycles. The van der Waals surface area contributed by atoms with E-state index in [1.165, 1.54) is 36.5 Å². The normalized spacial score (nSPS) is 10.9. The van der Waals surface area contributed by atoms with Crippen molar-refractivity contribution in [3.63, 3.8) is 0 Å². The van der Waals surface area contributed by atoms with Gasteiger partial charge in [0.05, 0.1) is 16.8 Å². The largest absolute Gasteiger partial charge is 0.321 e. The van der Waals surface area contributed by atoms with Crippen molar-refractivity contribution in [2.45, 2.75) is 0 Å². The van der Waals surface area contributed by atoms with Crippen LogP contribution in [0.5, 0.6) is 0 Å². The summed E-state index contributed by atoms with van der Waals surface area (Å²) in [6.45, 7) is 0.